The number of fused-ring (bicyclic) bond motifs is 5. The van der Waals surface area contributed by atoms with Gasteiger partial charge in [0.15, 0.2) is 5.78 Å². The van der Waals surface area contributed by atoms with Gasteiger partial charge in [0, 0.05) is 12.3 Å². The van der Waals surface area contributed by atoms with Crippen LogP contribution in [0.3, 0.4) is 0 Å². The van der Waals surface area contributed by atoms with Gasteiger partial charge in [0.25, 0.3) is 9.70 Å². The van der Waals surface area contributed by atoms with Crippen LogP contribution in [-0.2, 0) is 19.1 Å². The molecule has 174 valence electrons. The van der Waals surface area contributed by atoms with Gasteiger partial charge >= 0.3 is 5.97 Å². The lowest BCUT2D eigenvalue weighted by molar-refractivity contribution is -0.160. The van der Waals surface area contributed by atoms with Crippen molar-refractivity contribution >= 4 is 52.5 Å². The SMILES string of the molecule is CC(=O)O[C@H]1CC[C@@]2(C)[C@@H](CC[C@@H]3[C@@H]2CC[C@]2(C)C(=O)[C@H](NC(=O)C(Cl)(Cl)Cl)C[C@@H]32)C1. The Hall–Kier alpha value is -0.520. The summed E-state index contributed by atoms with van der Waals surface area (Å²) in [5.74, 6) is 0.972. The fraction of sp³-hybridized carbons (Fsp3) is 0.870. The largest absolute Gasteiger partial charge is 0.463 e. The standard InChI is InChI=1S/C23H32Cl3NO4/c1-12(28)31-14-6-8-21(2)13(10-14)4-5-15-16(21)7-9-22(3)17(15)11-18(19(22)29)27-20(30)23(24,25)26/h13-18H,4-11H2,1-3H3,(H,27,30)/t13-,14-,15+,16-,17-,18+,21-,22-/m0/s1. The Balaban J connectivity index is 1.51. The number of hydrogen-bond acceptors (Lipinski definition) is 4. The number of hydrogen-bond donors (Lipinski definition) is 1. The molecule has 4 fully saturated rings. The minimum Gasteiger partial charge on any atom is -0.463 e. The highest BCUT2D eigenvalue weighted by Gasteiger charge is 2.62. The van der Waals surface area contributed by atoms with Crippen molar-refractivity contribution in [3.8, 4) is 0 Å². The number of esters is 1. The van der Waals surface area contributed by atoms with E-state index in [2.05, 4.69) is 19.2 Å². The fourth-order valence-corrected chi connectivity index (χ4v) is 7.91. The number of halogens is 3. The summed E-state index contributed by atoms with van der Waals surface area (Å²) in [6.45, 7) is 5.98. The summed E-state index contributed by atoms with van der Waals surface area (Å²) in [5, 5.41) is 2.70. The molecule has 0 spiro atoms. The van der Waals surface area contributed by atoms with Crippen LogP contribution in [0.1, 0.15) is 72.1 Å². The molecule has 31 heavy (non-hydrogen) atoms. The first kappa shape index (κ1) is 23.6. The molecule has 8 heteroatoms. The molecule has 0 aromatic heterocycles. The molecule has 1 N–H and O–H groups in total. The van der Waals surface area contributed by atoms with Crippen molar-refractivity contribution in [2.75, 3.05) is 0 Å². The number of carbonyl (C=O) groups excluding carboxylic acids is 3. The van der Waals surface area contributed by atoms with E-state index in [0.29, 0.717) is 24.2 Å². The van der Waals surface area contributed by atoms with E-state index in [9.17, 15) is 14.4 Å². The lowest BCUT2D eigenvalue weighted by Gasteiger charge is -2.60. The number of ether oxygens (including phenoxy) is 1. The molecule has 5 nitrogen and oxygen atoms in total. The third-order valence-corrected chi connectivity index (χ3v) is 9.79. The van der Waals surface area contributed by atoms with E-state index < -0.39 is 21.2 Å². The van der Waals surface area contributed by atoms with Crippen LogP contribution in [-0.4, -0.2) is 33.6 Å². The molecular weight excluding hydrogens is 461 g/mol. The Bertz CT molecular complexity index is 783. The molecule has 8 atom stereocenters. The van der Waals surface area contributed by atoms with Gasteiger partial charge in [-0.15, -0.1) is 0 Å². The zero-order valence-electron chi connectivity index (χ0n) is 18.4. The van der Waals surface area contributed by atoms with Crippen LogP contribution in [0.2, 0.25) is 0 Å². The predicted molar refractivity (Wildman–Crippen MR) is 120 cm³/mol. The van der Waals surface area contributed by atoms with E-state index in [4.69, 9.17) is 39.5 Å². The van der Waals surface area contributed by atoms with Gasteiger partial charge in [-0.25, -0.2) is 0 Å². The maximum Gasteiger partial charge on any atom is 0.302 e. The molecule has 0 radical (unpaired) electrons. The average molecular weight is 493 g/mol. The minimum absolute atomic E-state index is 0.0376. The topological polar surface area (TPSA) is 72.5 Å². The fourth-order valence-electron chi connectivity index (χ4n) is 7.74. The van der Waals surface area contributed by atoms with Crippen molar-refractivity contribution in [1.82, 2.24) is 5.32 Å². The number of nitrogens with one attached hydrogen (secondary N) is 1. The molecule has 0 bridgehead atoms. The maximum atomic E-state index is 13.3. The predicted octanol–water partition coefficient (Wildman–Crippen LogP) is 4.99. The first-order valence-electron chi connectivity index (χ1n) is 11.5. The zero-order chi connectivity index (χ0) is 22.8. The van der Waals surface area contributed by atoms with Gasteiger partial charge in [0.05, 0.1) is 6.04 Å². The van der Waals surface area contributed by atoms with Gasteiger partial charge in [-0.3, -0.25) is 14.4 Å². The Morgan fingerprint density at radius 1 is 1.03 bits per heavy atom. The van der Waals surface area contributed by atoms with E-state index in [-0.39, 0.29) is 29.2 Å². The first-order chi connectivity index (χ1) is 14.4. The van der Waals surface area contributed by atoms with Crippen molar-refractivity contribution in [3.05, 3.63) is 0 Å². The van der Waals surface area contributed by atoms with Crippen LogP contribution in [0.5, 0.6) is 0 Å². The number of Topliss-reactive ketones (excluding diaryl/α,β-unsaturated/α-hetero) is 1. The molecule has 0 saturated heterocycles. The summed E-state index contributed by atoms with van der Waals surface area (Å²) in [7, 11) is 0. The summed E-state index contributed by atoms with van der Waals surface area (Å²) >= 11 is 17.2. The average Bonchev–Trinajstić information content (AvgIpc) is 2.92. The summed E-state index contributed by atoms with van der Waals surface area (Å²) in [6.07, 6.45) is 7.63. The Morgan fingerprint density at radius 2 is 1.74 bits per heavy atom. The third-order valence-electron chi connectivity index (χ3n) is 9.27. The van der Waals surface area contributed by atoms with E-state index in [1.54, 1.807) is 0 Å². The highest BCUT2D eigenvalue weighted by atomic mass is 35.6. The Morgan fingerprint density at radius 3 is 2.39 bits per heavy atom. The first-order valence-corrected chi connectivity index (χ1v) is 12.6. The van der Waals surface area contributed by atoms with Crippen LogP contribution in [0.4, 0.5) is 0 Å². The van der Waals surface area contributed by atoms with Crippen LogP contribution in [0.15, 0.2) is 0 Å². The van der Waals surface area contributed by atoms with Gasteiger partial charge in [0.1, 0.15) is 6.10 Å². The van der Waals surface area contributed by atoms with E-state index >= 15 is 0 Å². The third kappa shape index (κ3) is 4.01. The summed E-state index contributed by atoms with van der Waals surface area (Å²) in [5.41, 5.74) is -0.215. The highest BCUT2D eigenvalue weighted by Crippen LogP contribution is 2.65. The highest BCUT2D eigenvalue weighted by molar-refractivity contribution is 6.76. The number of rotatable bonds is 2. The lowest BCUT2D eigenvalue weighted by Crippen LogP contribution is -2.54. The van der Waals surface area contributed by atoms with Crippen LogP contribution in [0.25, 0.3) is 0 Å². The van der Waals surface area contributed by atoms with Gasteiger partial charge in [-0.05, 0) is 80.5 Å². The molecule has 0 aliphatic heterocycles. The van der Waals surface area contributed by atoms with E-state index in [1.165, 1.54) is 6.92 Å². The van der Waals surface area contributed by atoms with Crippen molar-refractivity contribution < 1.29 is 19.1 Å². The molecule has 0 unspecified atom stereocenters. The van der Waals surface area contributed by atoms with E-state index in [1.807, 2.05) is 0 Å². The monoisotopic (exact) mass is 491 g/mol. The number of ketones is 1. The second-order valence-electron chi connectivity index (χ2n) is 10.7. The molecule has 4 saturated carbocycles. The minimum atomic E-state index is -2.07. The number of alkyl halides is 3. The summed E-state index contributed by atoms with van der Waals surface area (Å²) in [4.78, 5) is 37.0. The molecule has 4 aliphatic carbocycles. The molecule has 4 aliphatic rings. The molecule has 1 amide bonds. The quantitative estimate of drug-likeness (QED) is 0.435. The molecule has 4 rings (SSSR count). The smallest absolute Gasteiger partial charge is 0.302 e. The van der Waals surface area contributed by atoms with Crippen molar-refractivity contribution in [2.24, 2.45) is 34.5 Å². The van der Waals surface area contributed by atoms with Gasteiger partial charge < -0.3 is 10.1 Å². The van der Waals surface area contributed by atoms with Crippen molar-refractivity contribution in [1.29, 1.82) is 0 Å². The van der Waals surface area contributed by atoms with Crippen molar-refractivity contribution in [3.63, 3.8) is 0 Å². The van der Waals surface area contributed by atoms with Crippen LogP contribution < -0.4 is 5.32 Å². The molecule has 0 heterocycles. The second-order valence-corrected chi connectivity index (χ2v) is 13.0. The summed E-state index contributed by atoms with van der Waals surface area (Å²) in [6, 6.07) is -0.581. The van der Waals surface area contributed by atoms with Gasteiger partial charge in [-0.2, -0.15) is 0 Å². The number of carbonyl (C=O) groups is 3. The van der Waals surface area contributed by atoms with Gasteiger partial charge in [-0.1, -0.05) is 48.7 Å². The molecular formula is C23H32Cl3NO4. The van der Waals surface area contributed by atoms with Crippen LogP contribution in [0, 0.1) is 34.5 Å². The zero-order valence-corrected chi connectivity index (χ0v) is 20.7. The molecule has 0 aromatic carbocycles. The van der Waals surface area contributed by atoms with Crippen molar-refractivity contribution in [2.45, 2.75) is 88.1 Å². The van der Waals surface area contributed by atoms with Crippen LogP contribution >= 0.6 is 34.8 Å². The Labute approximate surface area is 199 Å². The maximum absolute atomic E-state index is 13.3. The molecule has 0 aromatic rings. The number of amides is 1. The van der Waals surface area contributed by atoms with E-state index in [0.717, 1.165) is 44.9 Å². The van der Waals surface area contributed by atoms with Gasteiger partial charge in [0.2, 0.25) is 0 Å². The summed E-state index contributed by atoms with van der Waals surface area (Å²) < 4.78 is 3.48. The Kier molecular flexibility index (Phi) is 6.14. The second kappa shape index (κ2) is 8.06. The normalized spacial score (nSPS) is 44.6. The lowest BCUT2D eigenvalue weighted by atomic mass is 9.45.